The van der Waals surface area contributed by atoms with E-state index in [1.165, 1.54) is 11.9 Å². The molecule has 0 saturated carbocycles. The van der Waals surface area contributed by atoms with Gasteiger partial charge in [0.1, 0.15) is 25.0 Å². The molecule has 3 aromatic rings. The van der Waals surface area contributed by atoms with Crippen LogP contribution in [0.25, 0.3) is 0 Å². The van der Waals surface area contributed by atoms with E-state index in [4.69, 9.17) is 4.74 Å². The fourth-order valence-electron chi connectivity index (χ4n) is 3.87. The first kappa shape index (κ1) is 22.5. The molecule has 2 amide bonds. The van der Waals surface area contributed by atoms with Crippen LogP contribution in [0.2, 0.25) is 0 Å². The lowest BCUT2D eigenvalue weighted by molar-refractivity contribution is -0.122. The molecule has 172 valence electrons. The van der Waals surface area contributed by atoms with Crippen LogP contribution in [0.15, 0.2) is 61.2 Å². The highest BCUT2D eigenvalue weighted by Crippen LogP contribution is 2.27. The van der Waals surface area contributed by atoms with E-state index in [0.717, 1.165) is 24.9 Å². The van der Waals surface area contributed by atoms with Gasteiger partial charge in [0, 0.05) is 30.4 Å². The number of carbonyl (C=O) groups excluding carboxylic acids is 2. The van der Waals surface area contributed by atoms with Gasteiger partial charge in [-0.3, -0.25) is 9.59 Å². The lowest BCUT2D eigenvalue weighted by Crippen LogP contribution is -2.28. The van der Waals surface area contributed by atoms with Gasteiger partial charge in [-0.2, -0.15) is 5.10 Å². The van der Waals surface area contributed by atoms with Crippen LogP contribution in [0.5, 0.6) is 5.75 Å². The SMILES string of the molecule is CCCCc1ccc(N2CC(C(=O)Nc3cccc(OCCn4cncn4)c3)CC2=O)cc1. The highest BCUT2D eigenvalue weighted by Gasteiger charge is 2.35. The summed E-state index contributed by atoms with van der Waals surface area (Å²) in [6.45, 7) is 3.57. The summed E-state index contributed by atoms with van der Waals surface area (Å²) in [7, 11) is 0. The van der Waals surface area contributed by atoms with Crippen molar-refractivity contribution < 1.29 is 14.3 Å². The highest BCUT2D eigenvalue weighted by molar-refractivity contribution is 6.03. The van der Waals surface area contributed by atoms with Gasteiger partial charge < -0.3 is 15.0 Å². The summed E-state index contributed by atoms with van der Waals surface area (Å²) in [6, 6.07) is 15.3. The molecule has 0 radical (unpaired) electrons. The standard InChI is InChI=1S/C25H29N5O3/c1-2-3-5-19-8-10-22(11-9-19)30-16-20(14-24(30)31)25(32)28-21-6-4-7-23(15-21)33-13-12-29-18-26-17-27-29/h4,6-11,15,17-18,20H,2-3,5,12-14,16H2,1H3,(H,28,32). The van der Waals surface area contributed by atoms with Gasteiger partial charge in [-0.1, -0.05) is 31.5 Å². The second-order valence-electron chi connectivity index (χ2n) is 8.20. The number of aryl methyl sites for hydroxylation is 1. The van der Waals surface area contributed by atoms with Crippen LogP contribution in [-0.2, 0) is 22.6 Å². The van der Waals surface area contributed by atoms with Crippen molar-refractivity contribution >= 4 is 23.2 Å². The van der Waals surface area contributed by atoms with Gasteiger partial charge in [-0.05, 0) is 42.7 Å². The number of nitrogens with one attached hydrogen (secondary N) is 1. The average molecular weight is 448 g/mol. The number of aromatic nitrogens is 3. The van der Waals surface area contributed by atoms with E-state index < -0.39 is 5.92 Å². The quantitative estimate of drug-likeness (QED) is 0.512. The van der Waals surface area contributed by atoms with Crippen molar-refractivity contribution in [3.05, 3.63) is 66.7 Å². The summed E-state index contributed by atoms with van der Waals surface area (Å²) in [5, 5.41) is 6.96. The van der Waals surface area contributed by atoms with E-state index in [1.54, 1.807) is 22.0 Å². The van der Waals surface area contributed by atoms with Crippen molar-refractivity contribution in [2.75, 3.05) is 23.4 Å². The molecule has 1 saturated heterocycles. The zero-order chi connectivity index (χ0) is 23.0. The van der Waals surface area contributed by atoms with Crippen LogP contribution >= 0.6 is 0 Å². The molecular formula is C25H29N5O3. The Hall–Kier alpha value is -3.68. The summed E-state index contributed by atoms with van der Waals surface area (Å²) in [4.78, 5) is 31.0. The van der Waals surface area contributed by atoms with Gasteiger partial charge in [0.05, 0.1) is 12.5 Å². The summed E-state index contributed by atoms with van der Waals surface area (Å²) in [6.07, 6.45) is 6.66. The number of hydrogen-bond acceptors (Lipinski definition) is 5. The molecule has 1 fully saturated rings. The molecule has 0 spiro atoms. The minimum atomic E-state index is -0.394. The summed E-state index contributed by atoms with van der Waals surface area (Å²) in [5.41, 5.74) is 2.76. The topological polar surface area (TPSA) is 89.3 Å². The molecule has 8 heteroatoms. The fraction of sp³-hybridized carbons (Fsp3) is 0.360. The van der Waals surface area contributed by atoms with Crippen molar-refractivity contribution in [2.24, 2.45) is 5.92 Å². The zero-order valence-corrected chi connectivity index (χ0v) is 18.8. The smallest absolute Gasteiger partial charge is 0.229 e. The number of hydrogen-bond donors (Lipinski definition) is 1. The van der Waals surface area contributed by atoms with Gasteiger partial charge in [-0.25, -0.2) is 9.67 Å². The Morgan fingerprint density at radius 2 is 2.06 bits per heavy atom. The largest absolute Gasteiger partial charge is 0.492 e. The maximum Gasteiger partial charge on any atom is 0.229 e. The van der Waals surface area contributed by atoms with Crippen LogP contribution in [0, 0.1) is 5.92 Å². The molecule has 1 aliphatic rings. The monoisotopic (exact) mass is 447 g/mol. The molecular weight excluding hydrogens is 418 g/mol. The van der Waals surface area contributed by atoms with Crippen LogP contribution in [0.1, 0.15) is 31.7 Å². The van der Waals surface area contributed by atoms with E-state index in [1.807, 2.05) is 30.3 Å². The Labute approximate surface area is 193 Å². The number of carbonyl (C=O) groups is 2. The molecule has 1 unspecified atom stereocenters. The van der Waals surface area contributed by atoms with Crippen LogP contribution in [-0.4, -0.2) is 39.7 Å². The van der Waals surface area contributed by atoms with E-state index in [-0.39, 0.29) is 18.2 Å². The van der Waals surface area contributed by atoms with Gasteiger partial charge in [0.2, 0.25) is 11.8 Å². The molecule has 1 N–H and O–H groups in total. The zero-order valence-electron chi connectivity index (χ0n) is 18.8. The first-order valence-electron chi connectivity index (χ1n) is 11.4. The minimum absolute atomic E-state index is 0.0262. The lowest BCUT2D eigenvalue weighted by atomic mass is 10.1. The number of amides is 2. The van der Waals surface area contributed by atoms with Crippen molar-refractivity contribution in [3.8, 4) is 5.75 Å². The molecule has 0 aliphatic carbocycles. The van der Waals surface area contributed by atoms with Gasteiger partial charge in [0.15, 0.2) is 0 Å². The van der Waals surface area contributed by atoms with Gasteiger partial charge >= 0.3 is 0 Å². The molecule has 8 nitrogen and oxygen atoms in total. The predicted molar refractivity (Wildman–Crippen MR) is 126 cm³/mol. The third-order valence-electron chi connectivity index (χ3n) is 5.72. The number of ether oxygens (including phenoxy) is 1. The predicted octanol–water partition coefficient (Wildman–Crippen LogP) is 3.69. The van der Waals surface area contributed by atoms with Crippen molar-refractivity contribution in [1.29, 1.82) is 0 Å². The lowest BCUT2D eigenvalue weighted by Gasteiger charge is -2.17. The molecule has 2 aromatic carbocycles. The maximum atomic E-state index is 12.8. The third kappa shape index (κ3) is 5.97. The van der Waals surface area contributed by atoms with Crippen molar-refractivity contribution in [1.82, 2.24) is 14.8 Å². The van der Waals surface area contributed by atoms with Crippen LogP contribution in [0.4, 0.5) is 11.4 Å². The summed E-state index contributed by atoms with van der Waals surface area (Å²) < 4.78 is 7.44. The van der Waals surface area contributed by atoms with Crippen LogP contribution < -0.4 is 15.0 Å². The second kappa shape index (κ2) is 10.8. The van der Waals surface area contributed by atoms with E-state index >= 15 is 0 Å². The fourth-order valence-corrected chi connectivity index (χ4v) is 3.87. The van der Waals surface area contributed by atoms with E-state index in [9.17, 15) is 9.59 Å². The molecule has 4 rings (SSSR count). The Bertz CT molecular complexity index is 1070. The number of anilines is 2. The second-order valence-corrected chi connectivity index (χ2v) is 8.20. The molecule has 0 bridgehead atoms. The summed E-state index contributed by atoms with van der Waals surface area (Å²) >= 11 is 0. The molecule has 1 aliphatic heterocycles. The molecule has 2 heterocycles. The first-order valence-corrected chi connectivity index (χ1v) is 11.4. The van der Waals surface area contributed by atoms with Crippen molar-refractivity contribution in [2.45, 2.75) is 39.2 Å². The Morgan fingerprint density at radius 3 is 2.82 bits per heavy atom. The molecule has 1 aromatic heterocycles. The molecule has 1 atom stereocenters. The van der Waals surface area contributed by atoms with Gasteiger partial charge in [0.25, 0.3) is 0 Å². The Balaban J connectivity index is 1.31. The van der Waals surface area contributed by atoms with Gasteiger partial charge in [-0.15, -0.1) is 0 Å². The summed E-state index contributed by atoms with van der Waals surface area (Å²) in [5.74, 6) is 0.0706. The number of unbranched alkanes of at least 4 members (excludes halogenated alkanes) is 1. The Kier molecular flexibility index (Phi) is 7.34. The number of nitrogens with zero attached hydrogens (tertiary/aromatic N) is 4. The first-order chi connectivity index (χ1) is 16.1. The highest BCUT2D eigenvalue weighted by atomic mass is 16.5. The molecule has 33 heavy (non-hydrogen) atoms. The maximum absolute atomic E-state index is 12.8. The van der Waals surface area contributed by atoms with E-state index in [2.05, 4.69) is 34.5 Å². The number of rotatable bonds is 10. The minimum Gasteiger partial charge on any atom is -0.492 e. The van der Waals surface area contributed by atoms with Crippen molar-refractivity contribution in [3.63, 3.8) is 0 Å². The third-order valence-corrected chi connectivity index (χ3v) is 5.72. The number of benzene rings is 2. The van der Waals surface area contributed by atoms with E-state index in [0.29, 0.717) is 31.1 Å². The normalized spacial score (nSPS) is 15.6. The Morgan fingerprint density at radius 1 is 1.21 bits per heavy atom. The van der Waals surface area contributed by atoms with Crippen LogP contribution in [0.3, 0.4) is 0 Å². The average Bonchev–Trinajstić information content (AvgIpc) is 3.48.